The lowest BCUT2D eigenvalue weighted by molar-refractivity contribution is -0.124. The Morgan fingerprint density at radius 1 is 1.06 bits per heavy atom. The molecule has 0 unspecified atom stereocenters. The summed E-state index contributed by atoms with van der Waals surface area (Å²) in [6.45, 7) is 0. The second-order valence-electron chi connectivity index (χ2n) is 8.47. The molecule has 0 bridgehead atoms. The molecule has 0 atom stereocenters. The molecule has 1 aliphatic heterocycles. The second kappa shape index (κ2) is 9.32. The molecule has 5 rings (SSSR count). The number of amides is 1. The third-order valence-corrected chi connectivity index (χ3v) is 7.99. The lowest BCUT2D eigenvalue weighted by atomic mass is 9.94. The number of thioether (sulfide) groups is 1. The number of para-hydroxylation sites is 1. The maximum absolute atomic E-state index is 13.5. The molecule has 1 aromatic heterocycles. The van der Waals surface area contributed by atoms with Crippen molar-refractivity contribution in [3.05, 3.63) is 71.3 Å². The number of aliphatic imine (C=N–C) groups is 1. The number of carbonyl (C=O) groups excluding carboxylic acids is 1. The summed E-state index contributed by atoms with van der Waals surface area (Å²) in [6.07, 6.45) is 8.88. The van der Waals surface area contributed by atoms with Crippen molar-refractivity contribution in [1.29, 1.82) is 0 Å². The van der Waals surface area contributed by atoms with Gasteiger partial charge in [0, 0.05) is 17.6 Å². The fraction of sp³-hybridized carbons (Fsp3) is 0.240. The topological polar surface area (TPSA) is 106 Å². The van der Waals surface area contributed by atoms with Crippen molar-refractivity contribution >= 4 is 55.5 Å². The van der Waals surface area contributed by atoms with Crippen LogP contribution in [-0.4, -0.2) is 35.4 Å². The highest BCUT2D eigenvalue weighted by Gasteiger charge is 2.38. The van der Waals surface area contributed by atoms with Crippen molar-refractivity contribution in [1.82, 2.24) is 9.88 Å². The van der Waals surface area contributed by atoms with E-state index in [2.05, 4.69) is 4.98 Å². The minimum atomic E-state index is -3.78. The molecule has 9 heteroatoms. The van der Waals surface area contributed by atoms with Crippen molar-refractivity contribution in [2.75, 3.05) is 0 Å². The number of nitrogens with zero attached hydrogens (tertiary/aromatic N) is 3. The van der Waals surface area contributed by atoms with E-state index in [-0.39, 0.29) is 16.8 Å². The molecular weight excluding hydrogens is 468 g/mol. The van der Waals surface area contributed by atoms with Gasteiger partial charge in [-0.05, 0) is 72.6 Å². The van der Waals surface area contributed by atoms with Gasteiger partial charge < -0.3 is 0 Å². The Kier molecular flexibility index (Phi) is 6.24. The van der Waals surface area contributed by atoms with Crippen LogP contribution in [0.1, 0.15) is 37.7 Å². The fourth-order valence-corrected chi connectivity index (χ4v) is 5.94. The van der Waals surface area contributed by atoms with Gasteiger partial charge in [-0.3, -0.25) is 14.7 Å². The number of nitrogens with two attached hydrogens (primary N) is 1. The van der Waals surface area contributed by atoms with Crippen molar-refractivity contribution in [3.8, 4) is 0 Å². The summed E-state index contributed by atoms with van der Waals surface area (Å²) >= 11 is 1.34. The summed E-state index contributed by atoms with van der Waals surface area (Å²) in [4.78, 5) is 25.2. The van der Waals surface area contributed by atoms with Crippen LogP contribution in [0.5, 0.6) is 0 Å². The molecule has 1 saturated carbocycles. The number of pyridine rings is 1. The molecule has 1 amide bonds. The number of fused-ring (bicyclic) bond motifs is 1. The average molecular weight is 493 g/mol. The molecule has 0 radical (unpaired) electrons. The van der Waals surface area contributed by atoms with Gasteiger partial charge in [0.2, 0.25) is 10.0 Å². The number of hydrogen-bond donors (Lipinski definition) is 1. The zero-order chi connectivity index (χ0) is 23.7. The minimum Gasteiger partial charge on any atom is -0.283 e. The fourth-order valence-electron chi connectivity index (χ4n) is 4.37. The maximum Gasteiger partial charge on any atom is 0.267 e. The first-order valence-electron chi connectivity index (χ1n) is 11.2. The SMILES string of the molecule is NS(=O)(=O)c1ccc(N=C2SC(=Cc3cnc4ccccc4c3)C(=O)N2C2CCCCC2)cc1. The Bertz CT molecular complexity index is 1410. The van der Waals surface area contributed by atoms with E-state index in [9.17, 15) is 13.2 Å². The normalized spacial score (nSPS) is 20.0. The monoisotopic (exact) mass is 492 g/mol. The molecular formula is C25H24N4O3S2. The van der Waals surface area contributed by atoms with E-state index in [1.807, 2.05) is 41.3 Å². The summed E-state index contributed by atoms with van der Waals surface area (Å²) in [6, 6.07) is 16.1. The van der Waals surface area contributed by atoms with Gasteiger partial charge in [-0.25, -0.2) is 18.5 Å². The third-order valence-electron chi connectivity index (χ3n) is 6.08. The number of primary sulfonamides is 1. The Morgan fingerprint density at radius 2 is 1.79 bits per heavy atom. The number of hydrogen-bond acceptors (Lipinski definition) is 6. The second-order valence-corrected chi connectivity index (χ2v) is 11.0. The molecule has 2 heterocycles. The number of rotatable bonds is 4. The Labute approximate surface area is 202 Å². The standard InChI is InChI=1S/C25H24N4O3S2/c26-34(31,32)21-12-10-19(11-13-21)28-25-29(20-7-2-1-3-8-20)24(30)23(33-25)15-17-14-18-6-4-5-9-22(18)27-16-17/h4-6,9-16,20H,1-3,7-8H2,(H2,26,31,32). The van der Waals surface area contributed by atoms with Gasteiger partial charge >= 0.3 is 0 Å². The van der Waals surface area contributed by atoms with Crippen molar-refractivity contribution in [2.24, 2.45) is 10.1 Å². The first-order valence-corrected chi connectivity index (χ1v) is 13.5. The number of aromatic nitrogens is 1. The molecule has 34 heavy (non-hydrogen) atoms. The van der Waals surface area contributed by atoms with Crippen molar-refractivity contribution in [2.45, 2.75) is 43.0 Å². The zero-order valence-electron chi connectivity index (χ0n) is 18.4. The first kappa shape index (κ1) is 22.8. The van der Waals surface area contributed by atoms with E-state index in [0.29, 0.717) is 15.8 Å². The predicted octanol–water partition coefficient (Wildman–Crippen LogP) is 4.82. The highest BCUT2D eigenvalue weighted by Crippen LogP contribution is 2.38. The average Bonchev–Trinajstić information content (AvgIpc) is 3.13. The van der Waals surface area contributed by atoms with Crippen LogP contribution in [0.4, 0.5) is 5.69 Å². The van der Waals surface area contributed by atoms with E-state index in [0.717, 1.165) is 42.1 Å². The van der Waals surface area contributed by atoms with Gasteiger partial charge in [0.15, 0.2) is 5.17 Å². The Balaban J connectivity index is 1.50. The smallest absolute Gasteiger partial charge is 0.267 e. The first-order chi connectivity index (χ1) is 16.4. The van der Waals surface area contributed by atoms with Crippen LogP contribution in [0, 0.1) is 0 Å². The van der Waals surface area contributed by atoms with E-state index in [1.165, 1.54) is 30.3 Å². The Morgan fingerprint density at radius 3 is 2.53 bits per heavy atom. The molecule has 0 spiro atoms. The van der Waals surface area contributed by atoms with Crippen LogP contribution >= 0.6 is 11.8 Å². The Hall–Kier alpha value is -3.01. The van der Waals surface area contributed by atoms with E-state index < -0.39 is 10.0 Å². The summed E-state index contributed by atoms with van der Waals surface area (Å²) < 4.78 is 23.1. The molecule has 1 saturated heterocycles. The van der Waals surface area contributed by atoms with Crippen LogP contribution in [0.2, 0.25) is 0 Å². The molecule has 2 aromatic carbocycles. The van der Waals surface area contributed by atoms with Gasteiger partial charge in [-0.2, -0.15) is 0 Å². The van der Waals surface area contributed by atoms with Crippen LogP contribution in [0.15, 0.2) is 75.6 Å². The van der Waals surface area contributed by atoms with Crippen LogP contribution < -0.4 is 5.14 Å². The number of sulfonamides is 1. The number of amidine groups is 1. The quantitative estimate of drug-likeness (QED) is 0.526. The highest BCUT2D eigenvalue weighted by atomic mass is 32.2. The molecule has 3 aromatic rings. The van der Waals surface area contributed by atoms with Gasteiger partial charge in [-0.15, -0.1) is 0 Å². The highest BCUT2D eigenvalue weighted by molar-refractivity contribution is 8.18. The molecule has 2 aliphatic rings. The van der Waals surface area contributed by atoms with Crippen LogP contribution in [0.25, 0.3) is 17.0 Å². The third kappa shape index (κ3) is 4.77. The van der Waals surface area contributed by atoms with Gasteiger partial charge in [-0.1, -0.05) is 37.5 Å². The lowest BCUT2D eigenvalue weighted by Crippen LogP contribution is -2.40. The van der Waals surface area contributed by atoms with Crippen LogP contribution in [0.3, 0.4) is 0 Å². The molecule has 1 aliphatic carbocycles. The van der Waals surface area contributed by atoms with Gasteiger partial charge in [0.25, 0.3) is 5.91 Å². The van der Waals surface area contributed by atoms with Gasteiger partial charge in [0.05, 0.1) is 21.0 Å². The zero-order valence-corrected chi connectivity index (χ0v) is 20.1. The van der Waals surface area contributed by atoms with E-state index in [1.54, 1.807) is 18.3 Å². The number of carbonyl (C=O) groups is 1. The lowest BCUT2D eigenvalue weighted by Gasteiger charge is -2.30. The van der Waals surface area contributed by atoms with Gasteiger partial charge in [0.1, 0.15) is 0 Å². The number of benzene rings is 2. The molecule has 174 valence electrons. The summed E-state index contributed by atoms with van der Waals surface area (Å²) in [5, 5.41) is 6.83. The molecule has 2 N–H and O–H groups in total. The van der Waals surface area contributed by atoms with E-state index >= 15 is 0 Å². The predicted molar refractivity (Wildman–Crippen MR) is 136 cm³/mol. The largest absolute Gasteiger partial charge is 0.283 e. The minimum absolute atomic E-state index is 0.0279. The summed E-state index contributed by atoms with van der Waals surface area (Å²) in [7, 11) is -3.78. The van der Waals surface area contributed by atoms with Crippen molar-refractivity contribution < 1.29 is 13.2 Å². The van der Waals surface area contributed by atoms with E-state index in [4.69, 9.17) is 10.1 Å². The molecule has 7 nitrogen and oxygen atoms in total. The van der Waals surface area contributed by atoms with Crippen LogP contribution in [-0.2, 0) is 14.8 Å². The maximum atomic E-state index is 13.5. The molecule has 2 fully saturated rings. The summed E-state index contributed by atoms with van der Waals surface area (Å²) in [5.74, 6) is -0.0510. The summed E-state index contributed by atoms with van der Waals surface area (Å²) in [5.41, 5.74) is 2.33. The van der Waals surface area contributed by atoms with Crippen molar-refractivity contribution in [3.63, 3.8) is 0 Å².